The highest BCUT2D eigenvalue weighted by molar-refractivity contribution is 5.98. The molecule has 0 aliphatic carbocycles. The number of morpholine rings is 1. The molecule has 2 aliphatic rings. The van der Waals surface area contributed by atoms with Crippen LogP contribution in [-0.4, -0.2) is 65.9 Å². The van der Waals surface area contributed by atoms with E-state index >= 15 is 0 Å². The third kappa shape index (κ3) is 4.27. The van der Waals surface area contributed by atoms with Crippen LogP contribution >= 0.6 is 0 Å². The van der Waals surface area contributed by atoms with Gasteiger partial charge in [-0.1, -0.05) is 18.2 Å². The van der Waals surface area contributed by atoms with Crippen molar-refractivity contribution in [2.24, 2.45) is 12.0 Å². The summed E-state index contributed by atoms with van der Waals surface area (Å²) in [7, 11) is 1.90. The van der Waals surface area contributed by atoms with Crippen molar-refractivity contribution in [2.45, 2.75) is 19.4 Å². The topological polar surface area (TPSA) is 75.0 Å². The lowest BCUT2D eigenvalue weighted by Gasteiger charge is -2.34. The van der Waals surface area contributed by atoms with Crippen molar-refractivity contribution in [3.8, 4) is 0 Å². The van der Waals surface area contributed by atoms with Gasteiger partial charge in [0, 0.05) is 44.1 Å². The van der Waals surface area contributed by atoms with Gasteiger partial charge >= 0.3 is 0 Å². The first kappa shape index (κ1) is 19.4. The third-order valence-corrected chi connectivity index (χ3v) is 5.35. The number of aryl methyl sites for hydroxylation is 1. The second-order valence-electron chi connectivity index (χ2n) is 7.35. The molecule has 1 amide bonds. The number of nitrogens with zero attached hydrogens (tertiary/aromatic N) is 5. The van der Waals surface area contributed by atoms with Crippen LogP contribution in [0.5, 0.6) is 0 Å². The van der Waals surface area contributed by atoms with E-state index in [-0.39, 0.29) is 18.6 Å². The maximum atomic E-state index is 12.8. The van der Waals surface area contributed by atoms with Crippen molar-refractivity contribution in [3.05, 3.63) is 47.8 Å². The molecule has 154 valence electrons. The number of hydrogen-bond donors (Lipinski definition) is 1. The molecule has 2 aromatic rings. The zero-order valence-corrected chi connectivity index (χ0v) is 17.0. The molecule has 1 aromatic heterocycles. The van der Waals surface area contributed by atoms with E-state index in [1.54, 1.807) is 4.68 Å². The van der Waals surface area contributed by atoms with Gasteiger partial charge in [-0.25, -0.2) is 4.99 Å². The molecule has 0 bridgehead atoms. The minimum absolute atomic E-state index is 0.0300. The van der Waals surface area contributed by atoms with Crippen molar-refractivity contribution >= 4 is 17.6 Å². The van der Waals surface area contributed by atoms with Gasteiger partial charge in [0.15, 0.2) is 5.96 Å². The van der Waals surface area contributed by atoms with Gasteiger partial charge < -0.3 is 19.9 Å². The average Bonchev–Trinajstić information content (AvgIpc) is 3.37. The van der Waals surface area contributed by atoms with Crippen LogP contribution in [0.15, 0.2) is 41.7 Å². The van der Waals surface area contributed by atoms with Gasteiger partial charge in [0.05, 0.1) is 19.3 Å². The molecule has 3 heterocycles. The number of ether oxygens (including phenoxy) is 1. The predicted octanol–water partition coefficient (Wildman–Crippen LogP) is 1.35. The number of anilines is 1. The normalized spacial score (nSPS) is 19.4. The van der Waals surface area contributed by atoms with Crippen molar-refractivity contribution in [1.29, 1.82) is 0 Å². The fourth-order valence-corrected chi connectivity index (χ4v) is 3.90. The molecule has 0 saturated carbocycles. The quantitative estimate of drug-likeness (QED) is 0.624. The Morgan fingerprint density at radius 3 is 3.00 bits per heavy atom. The van der Waals surface area contributed by atoms with Crippen molar-refractivity contribution in [1.82, 2.24) is 20.0 Å². The summed E-state index contributed by atoms with van der Waals surface area (Å²) in [5.74, 6) is 0.785. The van der Waals surface area contributed by atoms with E-state index in [9.17, 15) is 4.79 Å². The second kappa shape index (κ2) is 8.65. The number of hydrogen-bond acceptors (Lipinski definition) is 4. The van der Waals surface area contributed by atoms with E-state index < -0.39 is 0 Å². The van der Waals surface area contributed by atoms with Crippen LogP contribution in [0, 0.1) is 0 Å². The number of fused-ring (bicyclic) bond motifs is 1. The Balaban J connectivity index is 1.44. The molecule has 0 spiro atoms. The standard InChI is InChI=1S/C21H28N6O2/c1-3-22-21(26-10-11-29-19(15-26)17-12-24-25(2)14-17)23-13-20(28)27-9-8-16-6-4-5-7-18(16)27/h4-7,12,14,19H,3,8-11,13,15H2,1-2H3,(H,22,23). The number of carbonyl (C=O) groups is 1. The van der Waals surface area contributed by atoms with Gasteiger partial charge in [-0.2, -0.15) is 5.10 Å². The van der Waals surface area contributed by atoms with Crippen molar-refractivity contribution in [3.63, 3.8) is 0 Å². The lowest BCUT2D eigenvalue weighted by atomic mass is 10.1. The first-order valence-electron chi connectivity index (χ1n) is 10.2. The maximum absolute atomic E-state index is 12.8. The van der Waals surface area contributed by atoms with Crippen molar-refractivity contribution in [2.75, 3.05) is 44.2 Å². The molecule has 1 atom stereocenters. The van der Waals surface area contributed by atoms with E-state index in [0.29, 0.717) is 13.2 Å². The number of amides is 1. The van der Waals surface area contributed by atoms with Crippen LogP contribution in [0.1, 0.15) is 24.2 Å². The number of nitrogens with one attached hydrogen (secondary N) is 1. The lowest BCUT2D eigenvalue weighted by molar-refractivity contribution is -0.117. The van der Waals surface area contributed by atoms with E-state index in [1.165, 1.54) is 5.56 Å². The molecular weight excluding hydrogens is 368 g/mol. The van der Waals surface area contributed by atoms with E-state index in [2.05, 4.69) is 26.4 Å². The summed E-state index contributed by atoms with van der Waals surface area (Å²) < 4.78 is 7.71. The third-order valence-electron chi connectivity index (χ3n) is 5.35. The Labute approximate surface area is 171 Å². The second-order valence-corrected chi connectivity index (χ2v) is 7.35. The first-order chi connectivity index (χ1) is 14.2. The summed E-state index contributed by atoms with van der Waals surface area (Å²) in [6.07, 6.45) is 4.67. The van der Waals surface area contributed by atoms with E-state index in [0.717, 1.165) is 43.3 Å². The number of guanidine groups is 1. The van der Waals surface area contributed by atoms with Gasteiger partial charge in [-0.15, -0.1) is 0 Å². The highest BCUT2D eigenvalue weighted by Gasteiger charge is 2.27. The van der Waals surface area contributed by atoms with Crippen molar-refractivity contribution < 1.29 is 9.53 Å². The predicted molar refractivity (Wildman–Crippen MR) is 112 cm³/mol. The molecular formula is C21H28N6O2. The van der Waals surface area contributed by atoms with Crippen LogP contribution in [-0.2, 0) is 23.0 Å². The Hall–Kier alpha value is -2.87. The molecule has 4 rings (SSSR count). The fourth-order valence-electron chi connectivity index (χ4n) is 3.90. The minimum Gasteiger partial charge on any atom is -0.370 e. The summed E-state index contributed by atoms with van der Waals surface area (Å²) in [6.45, 7) is 5.66. The highest BCUT2D eigenvalue weighted by Crippen LogP contribution is 2.27. The molecule has 2 aliphatic heterocycles. The minimum atomic E-state index is -0.0533. The Bertz CT molecular complexity index is 893. The largest absolute Gasteiger partial charge is 0.370 e. The number of para-hydroxylation sites is 1. The summed E-state index contributed by atoms with van der Waals surface area (Å²) >= 11 is 0. The fraction of sp³-hybridized carbons (Fsp3) is 0.476. The zero-order chi connectivity index (χ0) is 20.2. The van der Waals surface area contributed by atoms with Crippen LogP contribution in [0.25, 0.3) is 0 Å². The number of aliphatic imine (C=N–C) groups is 1. The van der Waals surface area contributed by atoms with Gasteiger partial charge in [-0.05, 0) is 25.0 Å². The van der Waals surface area contributed by atoms with Gasteiger partial charge in [-0.3, -0.25) is 9.48 Å². The Kier molecular flexibility index (Phi) is 5.80. The molecule has 0 radical (unpaired) electrons. The van der Waals surface area contributed by atoms with Crippen LogP contribution in [0.2, 0.25) is 0 Å². The van der Waals surface area contributed by atoms with E-state index in [1.807, 2.05) is 49.5 Å². The average molecular weight is 396 g/mol. The Morgan fingerprint density at radius 2 is 2.21 bits per heavy atom. The SMILES string of the molecule is CCNC(=NCC(=O)N1CCc2ccccc21)N1CCOC(c2cnn(C)c2)C1. The maximum Gasteiger partial charge on any atom is 0.248 e. The first-order valence-corrected chi connectivity index (χ1v) is 10.2. The summed E-state index contributed by atoms with van der Waals surface area (Å²) in [4.78, 5) is 21.5. The number of carbonyl (C=O) groups excluding carboxylic acids is 1. The molecule has 29 heavy (non-hydrogen) atoms. The molecule has 1 fully saturated rings. The van der Waals surface area contributed by atoms with Gasteiger partial charge in [0.1, 0.15) is 12.6 Å². The Morgan fingerprint density at radius 1 is 1.34 bits per heavy atom. The molecule has 8 heteroatoms. The lowest BCUT2D eigenvalue weighted by Crippen LogP contribution is -2.48. The number of aromatic nitrogens is 2. The van der Waals surface area contributed by atoms with Gasteiger partial charge in [0.25, 0.3) is 0 Å². The monoisotopic (exact) mass is 396 g/mol. The highest BCUT2D eigenvalue weighted by atomic mass is 16.5. The molecule has 8 nitrogen and oxygen atoms in total. The number of benzene rings is 1. The van der Waals surface area contributed by atoms with Gasteiger partial charge in [0.2, 0.25) is 5.91 Å². The van der Waals surface area contributed by atoms with E-state index in [4.69, 9.17) is 4.74 Å². The summed E-state index contributed by atoms with van der Waals surface area (Å²) in [5.41, 5.74) is 3.29. The zero-order valence-electron chi connectivity index (χ0n) is 17.0. The van der Waals surface area contributed by atoms with Crippen LogP contribution in [0.4, 0.5) is 5.69 Å². The summed E-state index contributed by atoms with van der Waals surface area (Å²) in [6, 6.07) is 8.09. The smallest absolute Gasteiger partial charge is 0.248 e. The number of rotatable bonds is 4. The molecule has 1 N–H and O–H groups in total. The molecule has 1 unspecified atom stereocenters. The molecule has 1 saturated heterocycles. The summed E-state index contributed by atoms with van der Waals surface area (Å²) in [5, 5.41) is 7.57. The molecule has 1 aromatic carbocycles. The van der Waals surface area contributed by atoms with Crippen LogP contribution < -0.4 is 10.2 Å². The van der Waals surface area contributed by atoms with Crippen LogP contribution in [0.3, 0.4) is 0 Å².